The lowest BCUT2D eigenvalue weighted by atomic mass is 10.3. The maximum absolute atomic E-state index is 12.0. The lowest BCUT2D eigenvalue weighted by Gasteiger charge is -2.12. The zero-order chi connectivity index (χ0) is 16.9. The van der Waals surface area contributed by atoms with Crippen LogP contribution in [0.1, 0.15) is 25.6 Å². The van der Waals surface area contributed by atoms with Gasteiger partial charge in [-0.05, 0) is 37.4 Å². The van der Waals surface area contributed by atoms with Crippen LogP contribution >= 0.6 is 23.1 Å². The number of hydrogen-bond donors (Lipinski definition) is 1. The SMILES string of the molecule is CC(C)n1c(SCC(=O)NCc2ccco2)nnc1-c1cccs1. The average molecular weight is 362 g/mol. The Morgan fingerprint density at radius 1 is 1.38 bits per heavy atom. The molecule has 3 aromatic heterocycles. The molecule has 126 valence electrons. The summed E-state index contributed by atoms with van der Waals surface area (Å²) in [7, 11) is 0. The molecule has 0 unspecified atom stereocenters. The minimum Gasteiger partial charge on any atom is -0.467 e. The highest BCUT2D eigenvalue weighted by atomic mass is 32.2. The highest BCUT2D eigenvalue weighted by molar-refractivity contribution is 7.99. The number of nitrogens with zero attached hydrogens (tertiary/aromatic N) is 3. The van der Waals surface area contributed by atoms with E-state index in [1.165, 1.54) is 11.8 Å². The molecule has 3 heterocycles. The summed E-state index contributed by atoms with van der Waals surface area (Å²) in [6, 6.07) is 7.86. The molecule has 0 radical (unpaired) electrons. The Balaban J connectivity index is 1.63. The van der Waals surface area contributed by atoms with Crippen molar-refractivity contribution in [3.05, 3.63) is 41.7 Å². The minimum atomic E-state index is -0.0626. The summed E-state index contributed by atoms with van der Waals surface area (Å²) in [5.41, 5.74) is 0. The van der Waals surface area contributed by atoms with Crippen molar-refractivity contribution >= 4 is 29.0 Å². The van der Waals surface area contributed by atoms with Gasteiger partial charge in [-0.15, -0.1) is 21.5 Å². The van der Waals surface area contributed by atoms with Gasteiger partial charge >= 0.3 is 0 Å². The van der Waals surface area contributed by atoms with E-state index in [0.717, 1.165) is 21.6 Å². The summed E-state index contributed by atoms with van der Waals surface area (Å²) in [6.45, 7) is 4.56. The number of thioether (sulfide) groups is 1. The topological polar surface area (TPSA) is 73.0 Å². The van der Waals surface area contributed by atoms with Crippen molar-refractivity contribution in [2.24, 2.45) is 0 Å². The molecule has 0 saturated carbocycles. The van der Waals surface area contributed by atoms with Gasteiger partial charge in [0.2, 0.25) is 5.91 Å². The van der Waals surface area contributed by atoms with E-state index in [9.17, 15) is 4.79 Å². The lowest BCUT2D eigenvalue weighted by molar-refractivity contribution is -0.118. The van der Waals surface area contributed by atoms with Crippen molar-refractivity contribution < 1.29 is 9.21 Å². The highest BCUT2D eigenvalue weighted by Gasteiger charge is 2.18. The molecule has 0 bridgehead atoms. The van der Waals surface area contributed by atoms with Gasteiger partial charge in [0.05, 0.1) is 23.4 Å². The van der Waals surface area contributed by atoms with Crippen molar-refractivity contribution in [1.82, 2.24) is 20.1 Å². The summed E-state index contributed by atoms with van der Waals surface area (Å²) in [5, 5.41) is 14.2. The van der Waals surface area contributed by atoms with Gasteiger partial charge in [-0.1, -0.05) is 17.8 Å². The van der Waals surface area contributed by atoms with Gasteiger partial charge in [-0.2, -0.15) is 0 Å². The number of amides is 1. The fourth-order valence-corrected chi connectivity index (χ4v) is 3.80. The zero-order valence-electron chi connectivity index (χ0n) is 13.4. The van der Waals surface area contributed by atoms with E-state index in [0.29, 0.717) is 6.54 Å². The molecule has 6 nitrogen and oxygen atoms in total. The third-order valence-electron chi connectivity index (χ3n) is 3.29. The molecular weight excluding hydrogens is 344 g/mol. The van der Waals surface area contributed by atoms with Gasteiger partial charge in [0, 0.05) is 6.04 Å². The minimum absolute atomic E-state index is 0.0626. The van der Waals surface area contributed by atoms with E-state index in [-0.39, 0.29) is 17.7 Å². The number of rotatable bonds is 7. The molecule has 24 heavy (non-hydrogen) atoms. The molecule has 0 spiro atoms. The van der Waals surface area contributed by atoms with E-state index in [1.807, 2.05) is 23.6 Å². The summed E-state index contributed by atoms with van der Waals surface area (Å²) >= 11 is 3.02. The number of furan rings is 1. The molecule has 3 aromatic rings. The summed E-state index contributed by atoms with van der Waals surface area (Å²) in [6.07, 6.45) is 1.59. The Morgan fingerprint density at radius 2 is 2.25 bits per heavy atom. The van der Waals surface area contributed by atoms with Crippen molar-refractivity contribution in [2.75, 3.05) is 5.75 Å². The first kappa shape index (κ1) is 16.8. The van der Waals surface area contributed by atoms with Crippen LogP contribution < -0.4 is 5.32 Å². The van der Waals surface area contributed by atoms with Gasteiger partial charge < -0.3 is 9.73 Å². The molecule has 0 saturated heterocycles. The van der Waals surface area contributed by atoms with Crippen LogP contribution in [0.3, 0.4) is 0 Å². The summed E-state index contributed by atoms with van der Waals surface area (Å²) in [4.78, 5) is 13.1. The van der Waals surface area contributed by atoms with Crippen LogP contribution in [-0.4, -0.2) is 26.4 Å². The van der Waals surface area contributed by atoms with Crippen molar-refractivity contribution in [3.8, 4) is 10.7 Å². The van der Waals surface area contributed by atoms with E-state index < -0.39 is 0 Å². The molecule has 1 amide bonds. The zero-order valence-corrected chi connectivity index (χ0v) is 15.1. The van der Waals surface area contributed by atoms with E-state index in [2.05, 4.69) is 33.9 Å². The van der Waals surface area contributed by atoms with E-state index in [1.54, 1.807) is 23.7 Å². The quantitative estimate of drug-likeness (QED) is 0.650. The fourth-order valence-electron chi connectivity index (χ4n) is 2.19. The lowest BCUT2D eigenvalue weighted by Crippen LogP contribution is -2.24. The van der Waals surface area contributed by atoms with Gasteiger partial charge in [0.25, 0.3) is 0 Å². The molecule has 1 N–H and O–H groups in total. The van der Waals surface area contributed by atoms with Crippen molar-refractivity contribution in [2.45, 2.75) is 31.6 Å². The van der Waals surface area contributed by atoms with E-state index in [4.69, 9.17) is 4.42 Å². The second-order valence-electron chi connectivity index (χ2n) is 5.39. The van der Waals surface area contributed by atoms with E-state index >= 15 is 0 Å². The predicted molar refractivity (Wildman–Crippen MR) is 95.0 cm³/mol. The smallest absolute Gasteiger partial charge is 0.230 e. The first-order chi connectivity index (χ1) is 11.6. The van der Waals surface area contributed by atoms with Crippen molar-refractivity contribution in [3.63, 3.8) is 0 Å². The molecular formula is C16H18N4O2S2. The number of aromatic nitrogens is 3. The normalized spacial score (nSPS) is 11.1. The molecule has 0 atom stereocenters. The van der Waals surface area contributed by atoms with Gasteiger partial charge in [-0.25, -0.2) is 0 Å². The third kappa shape index (κ3) is 3.88. The molecule has 0 aromatic carbocycles. The number of nitrogens with one attached hydrogen (secondary N) is 1. The number of carbonyl (C=O) groups is 1. The van der Waals surface area contributed by atoms with Crippen molar-refractivity contribution in [1.29, 1.82) is 0 Å². The number of hydrogen-bond acceptors (Lipinski definition) is 6. The van der Waals surface area contributed by atoms with Crippen LogP contribution in [0.5, 0.6) is 0 Å². The largest absolute Gasteiger partial charge is 0.467 e. The summed E-state index contributed by atoms with van der Waals surface area (Å²) < 4.78 is 7.26. The first-order valence-electron chi connectivity index (χ1n) is 7.56. The Labute approximate surface area is 148 Å². The Kier molecular flexibility index (Phi) is 5.37. The maximum Gasteiger partial charge on any atom is 0.230 e. The van der Waals surface area contributed by atoms with Crippen LogP contribution in [0, 0.1) is 0 Å². The van der Waals surface area contributed by atoms with Crippen LogP contribution in [0.15, 0.2) is 45.5 Å². The molecule has 0 fully saturated rings. The standard InChI is InChI=1S/C16H18N4O2S2/c1-11(2)20-15(13-6-4-8-23-13)18-19-16(20)24-10-14(21)17-9-12-5-3-7-22-12/h3-8,11H,9-10H2,1-2H3,(H,17,21). The predicted octanol–water partition coefficient (Wildman–Crippen LogP) is 3.59. The maximum atomic E-state index is 12.0. The molecule has 8 heteroatoms. The van der Waals surface area contributed by atoms with Crippen LogP contribution in [0.25, 0.3) is 10.7 Å². The molecule has 0 aliphatic heterocycles. The molecule has 0 aliphatic carbocycles. The van der Waals surface area contributed by atoms with Gasteiger partial charge in [0.15, 0.2) is 11.0 Å². The monoisotopic (exact) mass is 362 g/mol. The Bertz CT molecular complexity index is 779. The van der Waals surface area contributed by atoms with Crippen LogP contribution in [0.2, 0.25) is 0 Å². The summed E-state index contributed by atoms with van der Waals surface area (Å²) in [5.74, 6) is 1.81. The van der Waals surface area contributed by atoms with Gasteiger partial charge in [0.1, 0.15) is 5.76 Å². The second kappa shape index (κ2) is 7.67. The fraction of sp³-hybridized carbons (Fsp3) is 0.312. The highest BCUT2D eigenvalue weighted by Crippen LogP contribution is 2.30. The average Bonchev–Trinajstić information content (AvgIpc) is 3.31. The number of thiophene rings is 1. The molecule has 3 rings (SSSR count). The number of carbonyl (C=O) groups excluding carboxylic acids is 1. The van der Waals surface area contributed by atoms with Gasteiger partial charge in [-0.3, -0.25) is 9.36 Å². The second-order valence-corrected chi connectivity index (χ2v) is 7.28. The molecule has 0 aliphatic rings. The first-order valence-corrected chi connectivity index (χ1v) is 9.42. The van der Waals surface area contributed by atoms with Crippen LogP contribution in [0.4, 0.5) is 0 Å². The Morgan fingerprint density at radius 3 is 2.92 bits per heavy atom. The Hall–Kier alpha value is -2.06. The third-order valence-corrected chi connectivity index (χ3v) is 5.10. The van der Waals surface area contributed by atoms with Crippen LogP contribution in [-0.2, 0) is 11.3 Å².